The van der Waals surface area contributed by atoms with Gasteiger partial charge in [-0.05, 0) is 19.9 Å². The van der Waals surface area contributed by atoms with Gasteiger partial charge < -0.3 is 10.1 Å². The van der Waals surface area contributed by atoms with Gasteiger partial charge in [0.05, 0.1) is 6.61 Å². The molecule has 1 fully saturated rings. The number of methoxy groups -OCH3 is 1. The second-order valence-electron chi connectivity index (χ2n) is 5.36. The molecule has 0 spiro atoms. The van der Waals surface area contributed by atoms with Crippen molar-refractivity contribution in [2.75, 3.05) is 53.0 Å². The first-order valence-corrected chi connectivity index (χ1v) is 7.17. The maximum absolute atomic E-state index is 5.11. The second kappa shape index (κ2) is 9.13. The topological polar surface area (TPSA) is 27.7 Å². The molecule has 1 aliphatic rings. The first-order valence-electron chi connectivity index (χ1n) is 7.17. The Hall–Kier alpha value is -0.840. The van der Waals surface area contributed by atoms with Crippen molar-refractivity contribution in [3.63, 3.8) is 0 Å². The van der Waals surface area contributed by atoms with E-state index < -0.39 is 0 Å². The van der Waals surface area contributed by atoms with E-state index in [1.807, 2.05) is 0 Å². The maximum Gasteiger partial charge on any atom is 0.0589 e. The molecule has 0 radical (unpaired) electrons. The summed E-state index contributed by atoms with van der Waals surface area (Å²) in [7, 11) is 1.76. The van der Waals surface area contributed by atoms with Gasteiger partial charge in [-0.2, -0.15) is 0 Å². The molecule has 0 aromatic carbocycles. The van der Waals surface area contributed by atoms with Crippen molar-refractivity contribution in [2.24, 2.45) is 0 Å². The van der Waals surface area contributed by atoms with Crippen molar-refractivity contribution in [1.82, 2.24) is 15.1 Å². The van der Waals surface area contributed by atoms with Crippen LogP contribution in [0.1, 0.15) is 13.8 Å². The van der Waals surface area contributed by atoms with E-state index in [0.717, 1.165) is 51.6 Å². The summed E-state index contributed by atoms with van der Waals surface area (Å²) >= 11 is 0. The third kappa shape index (κ3) is 7.35. The number of allylic oxidation sites excluding steroid dienone is 1. The van der Waals surface area contributed by atoms with Gasteiger partial charge in [0.15, 0.2) is 0 Å². The summed E-state index contributed by atoms with van der Waals surface area (Å²) in [6.07, 6.45) is 4.28. The number of hydrogen-bond acceptors (Lipinski definition) is 4. The minimum absolute atomic E-state index is 0.446. The molecule has 0 aliphatic carbocycles. The Morgan fingerprint density at radius 2 is 1.89 bits per heavy atom. The summed E-state index contributed by atoms with van der Waals surface area (Å²) in [4.78, 5) is 4.94. The van der Waals surface area contributed by atoms with Crippen LogP contribution in [0.2, 0.25) is 0 Å². The average molecular weight is 267 g/mol. The zero-order chi connectivity index (χ0) is 14.1. The van der Waals surface area contributed by atoms with Crippen LogP contribution in [-0.2, 0) is 4.74 Å². The Bertz CT molecular complexity index is 281. The van der Waals surface area contributed by atoms with Crippen molar-refractivity contribution < 1.29 is 4.74 Å². The molecule has 0 saturated carbocycles. The molecular weight excluding hydrogens is 238 g/mol. The number of nitrogens with one attached hydrogen (secondary N) is 1. The van der Waals surface area contributed by atoms with Crippen LogP contribution in [-0.4, -0.2) is 68.8 Å². The molecule has 1 aliphatic heterocycles. The predicted molar refractivity (Wildman–Crippen MR) is 81.3 cm³/mol. The van der Waals surface area contributed by atoms with E-state index >= 15 is 0 Å². The van der Waals surface area contributed by atoms with Crippen LogP contribution in [0, 0.1) is 0 Å². The minimum atomic E-state index is 0.446. The van der Waals surface area contributed by atoms with Crippen molar-refractivity contribution in [3.8, 4) is 0 Å². The van der Waals surface area contributed by atoms with Gasteiger partial charge in [-0.3, -0.25) is 9.80 Å². The summed E-state index contributed by atoms with van der Waals surface area (Å²) in [5.74, 6) is 0. The third-order valence-corrected chi connectivity index (χ3v) is 3.23. The number of piperazine rings is 1. The largest absolute Gasteiger partial charge is 0.383 e. The molecular formula is C15H29N3O. The fourth-order valence-corrected chi connectivity index (χ4v) is 2.18. The molecule has 1 rings (SSSR count). The highest BCUT2D eigenvalue weighted by atomic mass is 16.5. The van der Waals surface area contributed by atoms with Gasteiger partial charge in [0.2, 0.25) is 0 Å². The van der Waals surface area contributed by atoms with E-state index in [0.29, 0.717) is 6.04 Å². The summed E-state index contributed by atoms with van der Waals surface area (Å²) in [5, 5.41) is 3.29. The molecule has 1 saturated heterocycles. The SMILES string of the molecule is C=C(/C=C/CN1CCN(CCOC)CC1)NC(C)C. The van der Waals surface area contributed by atoms with Gasteiger partial charge in [0.1, 0.15) is 0 Å². The first-order chi connectivity index (χ1) is 9.11. The molecule has 0 atom stereocenters. The monoisotopic (exact) mass is 267 g/mol. The van der Waals surface area contributed by atoms with Crippen LogP contribution in [0.15, 0.2) is 24.4 Å². The fraction of sp³-hybridized carbons (Fsp3) is 0.733. The lowest BCUT2D eigenvalue weighted by atomic mass is 10.3. The normalized spacial score (nSPS) is 18.3. The fourth-order valence-electron chi connectivity index (χ4n) is 2.18. The van der Waals surface area contributed by atoms with E-state index in [2.05, 4.69) is 47.7 Å². The summed E-state index contributed by atoms with van der Waals surface area (Å²) in [5.41, 5.74) is 0.994. The highest BCUT2D eigenvalue weighted by Crippen LogP contribution is 2.02. The van der Waals surface area contributed by atoms with Crippen LogP contribution in [0.25, 0.3) is 0 Å². The summed E-state index contributed by atoms with van der Waals surface area (Å²) < 4.78 is 5.11. The molecule has 19 heavy (non-hydrogen) atoms. The van der Waals surface area contributed by atoms with Crippen LogP contribution in [0.5, 0.6) is 0 Å². The molecule has 0 aromatic rings. The maximum atomic E-state index is 5.11. The Kier molecular flexibility index (Phi) is 7.79. The Labute approximate surface area is 118 Å². The molecule has 1 N–H and O–H groups in total. The Balaban J connectivity index is 2.15. The molecule has 0 bridgehead atoms. The zero-order valence-corrected chi connectivity index (χ0v) is 12.7. The highest BCUT2D eigenvalue weighted by molar-refractivity contribution is 5.13. The molecule has 0 amide bonds. The van der Waals surface area contributed by atoms with E-state index in [-0.39, 0.29) is 0 Å². The number of ether oxygens (including phenoxy) is 1. The van der Waals surface area contributed by atoms with Crippen molar-refractivity contribution in [2.45, 2.75) is 19.9 Å². The summed E-state index contributed by atoms with van der Waals surface area (Å²) in [6, 6.07) is 0.446. The Morgan fingerprint density at radius 3 is 2.47 bits per heavy atom. The molecule has 1 heterocycles. The van der Waals surface area contributed by atoms with Gasteiger partial charge in [0.25, 0.3) is 0 Å². The first kappa shape index (κ1) is 16.2. The molecule has 4 nitrogen and oxygen atoms in total. The van der Waals surface area contributed by atoms with E-state index in [4.69, 9.17) is 4.74 Å². The molecule has 0 unspecified atom stereocenters. The van der Waals surface area contributed by atoms with Gasteiger partial charge in [-0.1, -0.05) is 12.7 Å². The minimum Gasteiger partial charge on any atom is -0.383 e. The standard InChI is InChI=1S/C15H29N3O/c1-14(2)16-15(3)6-5-7-17-8-10-18(11-9-17)12-13-19-4/h5-6,14,16H,3,7-13H2,1-2,4H3/b6-5+. The lowest BCUT2D eigenvalue weighted by Crippen LogP contribution is -2.47. The molecule has 0 aromatic heterocycles. The average Bonchev–Trinajstić information content (AvgIpc) is 2.37. The third-order valence-electron chi connectivity index (χ3n) is 3.23. The van der Waals surface area contributed by atoms with Gasteiger partial charge in [-0.15, -0.1) is 0 Å². The lowest BCUT2D eigenvalue weighted by Gasteiger charge is -2.33. The van der Waals surface area contributed by atoms with Crippen LogP contribution in [0.4, 0.5) is 0 Å². The smallest absolute Gasteiger partial charge is 0.0589 e. The van der Waals surface area contributed by atoms with Crippen LogP contribution < -0.4 is 5.32 Å². The molecule has 4 heteroatoms. The van der Waals surface area contributed by atoms with Crippen molar-refractivity contribution >= 4 is 0 Å². The van der Waals surface area contributed by atoms with Gasteiger partial charge >= 0.3 is 0 Å². The van der Waals surface area contributed by atoms with Crippen molar-refractivity contribution in [3.05, 3.63) is 24.4 Å². The zero-order valence-electron chi connectivity index (χ0n) is 12.7. The van der Waals surface area contributed by atoms with Crippen LogP contribution >= 0.6 is 0 Å². The predicted octanol–water partition coefficient (Wildman–Crippen LogP) is 1.32. The van der Waals surface area contributed by atoms with E-state index in [1.54, 1.807) is 7.11 Å². The van der Waals surface area contributed by atoms with Gasteiger partial charge in [-0.25, -0.2) is 0 Å². The number of rotatable bonds is 8. The lowest BCUT2D eigenvalue weighted by molar-refractivity contribution is 0.102. The second-order valence-corrected chi connectivity index (χ2v) is 5.36. The Morgan fingerprint density at radius 1 is 1.26 bits per heavy atom. The van der Waals surface area contributed by atoms with Crippen molar-refractivity contribution in [1.29, 1.82) is 0 Å². The number of hydrogen-bond donors (Lipinski definition) is 1. The quantitative estimate of drug-likeness (QED) is 0.671. The van der Waals surface area contributed by atoms with E-state index in [1.165, 1.54) is 0 Å². The highest BCUT2D eigenvalue weighted by Gasteiger charge is 2.14. The van der Waals surface area contributed by atoms with E-state index in [9.17, 15) is 0 Å². The van der Waals surface area contributed by atoms with Crippen LogP contribution in [0.3, 0.4) is 0 Å². The number of nitrogens with zero attached hydrogens (tertiary/aromatic N) is 2. The molecule has 110 valence electrons. The summed E-state index contributed by atoms with van der Waals surface area (Å²) in [6.45, 7) is 15.7. The van der Waals surface area contributed by atoms with Gasteiger partial charge in [0, 0.05) is 58.1 Å².